The van der Waals surface area contributed by atoms with Gasteiger partial charge in [0.15, 0.2) is 0 Å². The number of nitrogens with zero attached hydrogens (tertiary/aromatic N) is 1. The Morgan fingerprint density at radius 1 is 1.15 bits per heavy atom. The maximum atomic E-state index is 12.5. The van der Waals surface area contributed by atoms with Gasteiger partial charge in [0.2, 0.25) is 15.9 Å². The molecule has 0 aromatic heterocycles. The molecule has 146 valence electrons. The van der Waals surface area contributed by atoms with E-state index in [0.29, 0.717) is 11.4 Å². The summed E-state index contributed by atoms with van der Waals surface area (Å²) >= 11 is 0. The average Bonchev–Trinajstić information content (AvgIpc) is 2.62. The molecule has 0 spiro atoms. The SMILES string of the molecule is CCc1cccc(C)c1NC(=O)CCN(c1ccccc1OC)S(C)(=O)=O. The quantitative estimate of drug-likeness (QED) is 0.750. The minimum absolute atomic E-state index is 0.0262. The predicted molar refractivity (Wildman–Crippen MR) is 109 cm³/mol. The molecule has 2 rings (SSSR count). The number of amides is 1. The molecule has 7 heteroatoms. The Morgan fingerprint density at radius 3 is 2.48 bits per heavy atom. The van der Waals surface area contributed by atoms with Crippen molar-refractivity contribution in [1.82, 2.24) is 0 Å². The summed E-state index contributed by atoms with van der Waals surface area (Å²) in [6.07, 6.45) is 1.95. The molecule has 0 fully saturated rings. The molecule has 0 aliphatic carbocycles. The number of rotatable bonds is 8. The first-order chi connectivity index (χ1) is 12.8. The van der Waals surface area contributed by atoms with Crippen molar-refractivity contribution in [3.63, 3.8) is 0 Å². The summed E-state index contributed by atoms with van der Waals surface area (Å²) in [6, 6.07) is 12.7. The first-order valence-electron chi connectivity index (χ1n) is 8.77. The van der Waals surface area contributed by atoms with E-state index in [1.165, 1.54) is 11.4 Å². The molecule has 2 aromatic carbocycles. The van der Waals surface area contributed by atoms with E-state index in [4.69, 9.17) is 4.74 Å². The molecular weight excluding hydrogens is 364 g/mol. The summed E-state index contributed by atoms with van der Waals surface area (Å²) in [5.41, 5.74) is 3.24. The van der Waals surface area contributed by atoms with Gasteiger partial charge in [-0.1, -0.05) is 37.3 Å². The van der Waals surface area contributed by atoms with Gasteiger partial charge in [0.05, 0.1) is 19.1 Å². The van der Waals surface area contributed by atoms with Crippen molar-refractivity contribution < 1.29 is 17.9 Å². The number of ether oxygens (including phenoxy) is 1. The van der Waals surface area contributed by atoms with Crippen LogP contribution in [-0.4, -0.2) is 34.2 Å². The maximum Gasteiger partial charge on any atom is 0.232 e. The smallest absolute Gasteiger partial charge is 0.232 e. The number of methoxy groups -OCH3 is 1. The second-order valence-electron chi connectivity index (χ2n) is 6.27. The predicted octanol–water partition coefficient (Wildman–Crippen LogP) is 3.36. The molecule has 0 bridgehead atoms. The van der Waals surface area contributed by atoms with E-state index >= 15 is 0 Å². The summed E-state index contributed by atoms with van der Waals surface area (Å²) in [4.78, 5) is 12.5. The summed E-state index contributed by atoms with van der Waals surface area (Å²) in [7, 11) is -2.08. The van der Waals surface area contributed by atoms with Gasteiger partial charge >= 0.3 is 0 Å². The number of carbonyl (C=O) groups is 1. The molecule has 0 aliphatic rings. The topological polar surface area (TPSA) is 75.7 Å². The first-order valence-corrected chi connectivity index (χ1v) is 10.6. The van der Waals surface area contributed by atoms with Crippen LogP contribution in [0.15, 0.2) is 42.5 Å². The lowest BCUT2D eigenvalue weighted by atomic mass is 10.1. The van der Waals surface area contributed by atoms with Crippen LogP contribution < -0.4 is 14.4 Å². The highest BCUT2D eigenvalue weighted by Gasteiger charge is 2.22. The molecule has 0 saturated heterocycles. The minimum atomic E-state index is -3.57. The number of carbonyl (C=O) groups excluding carboxylic acids is 1. The van der Waals surface area contributed by atoms with Crippen molar-refractivity contribution in [3.05, 3.63) is 53.6 Å². The number of sulfonamides is 1. The number of aryl methyl sites for hydroxylation is 2. The van der Waals surface area contributed by atoms with E-state index < -0.39 is 10.0 Å². The van der Waals surface area contributed by atoms with E-state index in [2.05, 4.69) is 5.32 Å². The Hall–Kier alpha value is -2.54. The van der Waals surface area contributed by atoms with Gasteiger partial charge in [-0.15, -0.1) is 0 Å². The second kappa shape index (κ2) is 8.90. The van der Waals surface area contributed by atoms with Crippen molar-refractivity contribution in [2.75, 3.05) is 29.5 Å². The van der Waals surface area contributed by atoms with Gasteiger partial charge in [0.25, 0.3) is 0 Å². The van der Waals surface area contributed by atoms with Crippen molar-refractivity contribution in [3.8, 4) is 5.75 Å². The Balaban J connectivity index is 2.18. The lowest BCUT2D eigenvalue weighted by Crippen LogP contribution is -2.33. The minimum Gasteiger partial charge on any atom is -0.495 e. The molecule has 0 saturated carbocycles. The normalized spacial score (nSPS) is 11.1. The summed E-state index contributed by atoms with van der Waals surface area (Å²) in [6.45, 7) is 3.99. The number of hydrogen-bond acceptors (Lipinski definition) is 4. The van der Waals surface area contributed by atoms with Gasteiger partial charge in [-0.05, 0) is 36.6 Å². The summed E-state index contributed by atoms with van der Waals surface area (Å²) in [5, 5.41) is 2.92. The summed E-state index contributed by atoms with van der Waals surface area (Å²) < 4.78 is 31.0. The van der Waals surface area contributed by atoms with Crippen LogP contribution in [0.3, 0.4) is 0 Å². The van der Waals surface area contributed by atoms with Crippen LogP contribution in [0.1, 0.15) is 24.5 Å². The molecule has 27 heavy (non-hydrogen) atoms. The van der Waals surface area contributed by atoms with Crippen LogP contribution in [0.5, 0.6) is 5.75 Å². The van der Waals surface area contributed by atoms with E-state index in [1.807, 2.05) is 32.0 Å². The zero-order chi connectivity index (χ0) is 20.0. The Labute approximate surface area is 161 Å². The fourth-order valence-corrected chi connectivity index (χ4v) is 3.84. The van der Waals surface area contributed by atoms with Gasteiger partial charge in [-0.3, -0.25) is 9.10 Å². The highest BCUT2D eigenvalue weighted by molar-refractivity contribution is 7.92. The van der Waals surface area contributed by atoms with Crippen molar-refractivity contribution >= 4 is 27.3 Å². The third kappa shape index (κ3) is 5.23. The second-order valence-corrected chi connectivity index (χ2v) is 8.17. The van der Waals surface area contributed by atoms with Crippen molar-refractivity contribution in [2.45, 2.75) is 26.7 Å². The molecule has 1 N–H and O–H groups in total. The van der Waals surface area contributed by atoms with Crippen LogP contribution in [0.25, 0.3) is 0 Å². The lowest BCUT2D eigenvalue weighted by molar-refractivity contribution is -0.116. The average molecular weight is 391 g/mol. The molecule has 0 radical (unpaired) electrons. The van der Waals surface area contributed by atoms with Crippen LogP contribution in [-0.2, 0) is 21.2 Å². The molecule has 0 unspecified atom stereocenters. The van der Waals surface area contributed by atoms with Gasteiger partial charge in [-0.2, -0.15) is 0 Å². The van der Waals surface area contributed by atoms with Crippen molar-refractivity contribution in [2.24, 2.45) is 0 Å². The third-order valence-corrected chi connectivity index (χ3v) is 5.48. The molecule has 0 aliphatic heterocycles. The van der Waals surface area contributed by atoms with Crippen LogP contribution in [0.2, 0.25) is 0 Å². The Morgan fingerprint density at radius 2 is 1.85 bits per heavy atom. The van der Waals surface area contributed by atoms with E-state index in [-0.39, 0.29) is 18.9 Å². The molecular formula is C20H26N2O4S. The van der Waals surface area contributed by atoms with E-state index in [1.54, 1.807) is 24.3 Å². The van der Waals surface area contributed by atoms with Gasteiger partial charge in [0.1, 0.15) is 5.75 Å². The summed E-state index contributed by atoms with van der Waals surface area (Å²) in [5.74, 6) is 0.207. The molecule has 1 amide bonds. The van der Waals surface area contributed by atoms with Crippen molar-refractivity contribution in [1.29, 1.82) is 0 Å². The zero-order valence-corrected chi connectivity index (χ0v) is 17.0. The fourth-order valence-electron chi connectivity index (χ4n) is 2.91. The Kier molecular flexibility index (Phi) is 6.85. The molecule has 0 atom stereocenters. The third-order valence-electron chi connectivity index (χ3n) is 4.30. The first kappa shape index (κ1) is 20.8. The van der Waals surface area contributed by atoms with Gasteiger partial charge in [0, 0.05) is 18.7 Å². The van der Waals surface area contributed by atoms with Gasteiger partial charge < -0.3 is 10.1 Å². The van der Waals surface area contributed by atoms with Gasteiger partial charge in [-0.25, -0.2) is 8.42 Å². The maximum absolute atomic E-state index is 12.5. The van der Waals surface area contributed by atoms with Crippen LogP contribution in [0, 0.1) is 6.92 Å². The fraction of sp³-hybridized carbons (Fsp3) is 0.350. The van der Waals surface area contributed by atoms with E-state index in [0.717, 1.165) is 29.5 Å². The van der Waals surface area contributed by atoms with Crippen LogP contribution >= 0.6 is 0 Å². The Bertz CT molecular complexity index is 910. The van der Waals surface area contributed by atoms with E-state index in [9.17, 15) is 13.2 Å². The highest BCUT2D eigenvalue weighted by Crippen LogP contribution is 2.29. The number of anilines is 2. The molecule has 2 aromatic rings. The number of nitrogens with one attached hydrogen (secondary N) is 1. The number of hydrogen-bond donors (Lipinski definition) is 1. The number of benzene rings is 2. The monoisotopic (exact) mass is 390 g/mol. The molecule has 6 nitrogen and oxygen atoms in total. The zero-order valence-electron chi connectivity index (χ0n) is 16.2. The molecule has 0 heterocycles. The van der Waals surface area contributed by atoms with Crippen LogP contribution in [0.4, 0.5) is 11.4 Å². The largest absolute Gasteiger partial charge is 0.495 e. The lowest BCUT2D eigenvalue weighted by Gasteiger charge is -2.24. The standard InChI is InChI=1S/C20H26N2O4S/c1-5-16-10-8-9-15(2)20(16)21-19(23)13-14-22(27(4,24)25)17-11-6-7-12-18(17)26-3/h6-12H,5,13-14H2,1-4H3,(H,21,23). The number of para-hydroxylation sites is 3. The highest BCUT2D eigenvalue weighted by atomic mass is 32.2.